The molecule has 1 aliphatic heterocycles. The lowest BCUT2D eigenvalue weighted by Gasteiger charge is -2.65. The molecule has 3 nitrogen and oxygen atoms in total. The maximum absolute atomic E-state index is 12.0. The van der Waals surface area contributed by atoms with Crippen LogP contribution in [-0.4, -0.2) is 32.5 Å². The zero-order chi connectivity index (χ0) is 19.2. The Morgan fingerprint density at radius 2 is 1.74 bits per heavy atom. The van der Waals surface area contributed by atoms with Crippen LogP contribution in [0.25, 0.3) is 0 Å². The molecular weight excluding hydrogens is 428 g/mol. The fourth-order valence-electron chi connectivity index (χ4n) is 8.46. The Kier molecular flexibility index (Phi) is 4.18. The minimum absolute atomic E-state index is 0.00516. The van der Waals surface area contributed by atoms with E-state index < -0.39 is 0 Å². The van der Waals surface area contributed by atoms with Crippen molar-refractivity contribution in [2.75, 3.05) is 0 Å². The zero-order valence-corrected chi connectivity index (χ0v) is 18.8. The normalized spacial score (nSPS) is 59.9. The number of carbonyl (C=O) groups excluding carboxylic acids is 1. The van der Waals surface area contributed by atoms with Crippen molar-refractivity contribution in [2.45, 2.75) is 99.5 Å². The third-order valence-electron chi connectivity index (χ3n) is 10.0. The first kappa shape index (κ1) is 19.2. The molecule has 5 fully saturated rings. The van der Waals surface area contributed by atoms with E-state index in [-0.39, 0.29) is 38.2 Å². The monoisotopic (exact) mass is 458 g/mol. The summed E-state index contributed by atoms with van der Waals surface area (Å²) in [5.74, 6) is 1.86. The largest absolute Gasteiger partial charge is 0.458 e. The van der Waals surface area contributed by atoms with E-state index in [1.807, 2.05) is 0 Å². The van der Waals surface area contributed by atoms with Crippen molar-refractivity contribution in [2.24, 2.45) is 28.6 Å². The number of halogens is 2. The minimum atomic E-state index is -0.239. The summed E-state index contributed by atoms with van der Waals surface area (Å²) in [7, 11) is 0. The van der Waals surface area contributed by atoms with Crippen LogP contribution in [0.1, 0.15) is 78.1 Å². The Morgan fingerprint density at radius 1 is 1.07 bits per heavy atom. The molecule has 4 saturated carbocycles. The zero-order valence-electron chi connectivity index (χ0n) is 16.5. The molecule has 4 aliphatic carbocycles. The van der Waals surface area contributed by atoms with Gasteiger partial charge in [-0.15, -0.1) is 11.6 Å². The van der Waals surface area contributed by atoms with Crippen LogP contribution in [0.2, 0.25) is 0 Å². The number of carbonyl (C=O) groups is 1. The SMILES string of the molecule is CC12CCC3C(CC(Cl)C4(Br)CC(O)CCC34C)C1CCC21CCC(=O)O1. The first-order valence-corrected chi connectivity index (χ1v) is 12.1. The predicted octanol–water partition coefficient (Wildman–Crippen LogP) is 5.20. The maximum Gasteiger partial charge on any atom is 0.306 e. The number of ether oxygens (including phenoxy) is 1. The second kappa shape index (κ2) is 5.88. The standard InChI is InChI=1S/C22H32BrClO3/c1-19-8-4-16-14(15(19)5-9-21(19)10-6-18(26)27-21)11-17(24)22(23)12-13(25)3-7-20(16,22)2/h13-17,25H,3-12H2,1-2H3. The van der Waals surface area contributed by atoms with Gasteiger partial charge in [0.05, 0.1) is 10.4 Å². The first-order valence-electron chi connectivity index (χ1n) is 10.9. The van der Waals surface area contributed by atoms with Gasteiger partial charge in [0.2, 0.25) is 0 Å². The second-order valence-corrected chi connectivity index (χ2v) is 12.7. The molecule has 1 N–H and O–H groups in total. The average molecular weight is 460 g/mol. The molecule has 1 saturated heterocycles. The summed E-state index contributed by atoms with van der Waals surface area (Å²) in [4.78, 5) is 12.0. The lowest BCUT2D eigenvalue weighted by molar-refractivity contribution is -0.173. The number of hydrogen-bond acceptors (Lipinski definition) is 3. The van der Waals surface area contributed by atoms with Crippen LogP contribution >= 0.6 is 27.5 Å². The van der Waals surface area contributed by atoms with Crippen molar-refractivity contribution >= 4 is 33.5 Å². The molecule has 9 atom stereocenters. The van der Waals surface area contributed by atoms with Gasteiger partial charge in [-0.05, 0) is 81.0 Å². The van der Waals surface area contributed by atoms with E-state index in [1.165, 1.54) is 12.8 Å². The quantitative estimate of drug-likeness (QED) is 0.400. The number of rotatable bonds is 0. The summed E-state index contributed by atoms with van der Waals surface area (Å²) < 4.78 is 5.88. The summed E-state index contributed by atoms with van der Waals surface area (Å²) in [5.41, 5.74) is 0.0208. The summed E-state index contributed by atoms with van der Waals surface area (Å²) >= 11 is 11.2. The van der Waals surface area contributed by atoms with Crippen molar-refractivity contribution in [3.63, 3.8) is 0 Å². The predicted molar refractivity (Wildman–Crippen MR) is 109 cm³/mol. The maximum atomic E-state index is 12.0. The van der Waals surface area contributed by atoms with Crippen LogP contribution in [0.5, 0.6) is 0 Å². The van der Waals surface area contributed by atoms with Crippen molar-refractivity contribution in [1.82, 2.24) is 0 Å². The number of hydrogen-bond donors (Lipinski definition) is 1. The molecule has 9 unspecified atom stereocenters. The third kappa shape index (κ3) is 2.27. The molecule has 0 aromatic carbocycles. The highest BCUT2D eigenvalue weighted by atomic mass is 79.9. The Morgan fingerprint density at radius 3 is 2.44 bits per heavy atom. The van der Waals surface area contributed by atoms with Gasteiger partial charge in [0.15, 0.2) is 0 Å². The molecule has 5 rings (SSSR count). The fraction of sp³-hybridized carbons (Fsp3) is 0.955. The van der Waals surface area contributed by atoms with Crippen molar-refractivity contribution in [3.8, 4) is 0 Å². The van der Waals surface area contributed by atoms with Gasteiger partial charge in [-0.3, -0.25) is 4.79 Å². The van der Waals surface area contributed by atoms with Crippen LogP contribution < -0.4 is 0 Å². The number of aliphatic hydroxyl groups is 1. The Bertz CT molecular complexity index is 672. The first-order chi connectivity index (χ1) is 12.7. The van der Waals surface area contributed by atoms with E-state index >= 15 is 0 Å². The van der Waals surface area contributed by atoms with E-state index in [1.54, 1.807) is 0 Å². The highest BCUT2D eigenvalue weighted by Gasteiger charge is 2.70. The second-order valence-electron chi connectivity index (χ2n) is 10.7. The lowest BCUT2D eigenvalue weighted by Crippen LogP contribution is -2.65. The molecule has 5 aliphatic rings. The highest BCUT2D eigenvalue weighted by molar-refractivity contribution is 9.10. The number of aliphatic hydroxyl groups excluding tert-OH is 1. The third-order valence-corrected chi connectivity index (χ3v) is 12.6. The van der Waals surface area contributed by atoms with E-state index in [9.17, 15) is 9.90 Å². The molecule has 0 aromatic heterocycles. The van der Waals surface area contributed by atoms with Crippen LogP contribution in [0.4, 0.5) is 0 Å². The van der Waals surface area contributed by atoms with Gasteiger partial charge >= 0.3 is 5.97 Å². The highest BCUT2D eigenvalue weighted by Crippen LogP contribution is 2.72. The molecule has 5 heteroatoms. The van der Waals surface area contributed by atoms with Crippen LogP contribution in [0, 0.1) is 28.6 Å². The smallest absolute Gasteiger partial charge is 0.306 e. The topological polar surface area (TPSA) is 46.5 Å². The molecule has 1 spiro atoms. The van der Waals surface area contributed by atoms with E-state index in [0.717, 1.165) is 44.9 Å². The molecular formula is C22H32BrClO3. The van der Waals surface area contributed by atoms with Crippen molar-refractivity contribution < 1.29 is 14.6 Å². The van der Waals surface area contributed by atoms with Gasteiger partial charge in [0, 0.05) is 17.2 Å². The van der Waals surface area contributed by atoms with Gasteiger partial charge < -0.3 is 9.84 Å². The summed E-state index contributed by atoms with van der Waals surface area (Å²) in [6, 6.07) is 0. The number of alkyl halides is 2. The Labute approximate surface area is 176 Å². The molecule has 0 aromatic rings. The van der Waals surface area contributed by atoms with E-state index in [2.05, 4.69) is 29.8 Å². The van der Waals surface area contributed by atoms with Crippen molar-refractivity contribution in [1.29, 1.82) is 0 Å². The van der Waals surface area contributed by atoms with Gasteiger partial charge in [-0.25, -0.2) is 0 Å². The summed E-state index contributed by atoms with van der Waals surface area (Å²) in [6.45, 7) is 4.84. The van der Waals surface area contributed by atoms with Gasteiger partial charge in [-0.2, -0.15) is 0 Å². The number of esters is 1. The van der Waals surface area contributed by atoms with Crippen LogP contribution in [0.15, 0.2) is 0 Å². The Hall–Kier alpha value is 0.200. The molecule has 27 heavy (non-hydrogen) atoms. The van der Waals surface area contributed by atoms with Crippen LogP contribution in [-0.2, 0) is 9.53 Å². The fourth-order valence-corrected chi connectivity index (χ4v) is 10.1. The van der Waals surface area contributed by atoms with Gasteiger partial charge in [0.1, 0.15) is 5.60 Å². The molecule has 152 valence electrons. The minimum Gasteiger partial charge on any atom is -0.458 e. The Balaban J connectivity index is 1.50. The summed E-state index contributed by atoms with van der Waals surface area (Å²) in [5, 5.41) is 10.4. The van der Waals surface area contributed by atoms with Gasteiger partial charge in [0.25, 0.3) is 0 Å². The van der Waals surface area contributed by atoms with Crippen LogP contribution in [0.3, 0.4) is 0 Å². The lowest BCUT2D eigenvalue weighted by atomic mass is 9.44. The number of fused-ring (bicyclic) bond motifs is 6. The molecule has 0 amide bonds. The van der Waals surface area contributed by atoms with Crippen molar-refractivity contribution in [3.05, 3.63) is 0 Å². The van der Waals surface area contributed by atoms with E-state index in [4.69, 9.17) is 16.3 Å². The van der Waals surface area contributed by atoms with Gasteiger partial charge in [-0.1, -0.05) is 29.8 Å². The summed E-state index contributed by atoms with van der Waals surface area (Å²) in [6.07, 6.45) is 9.54. The molecule has 0 radical (unpaired) electrons. The molecule has 0 bridgehead atoms. The van der Waals surface area contributed by atoms with E-state index in [0.29, 0.717) is 24.2 Å². The average Bonchev–Trinajstić information content (AvgIpc) is 3.12. The molecule has 1 heterocycles.